The number of rotatable bonds is 4. The molecule has 3 rings (SSSR count). The van der Waals surface area contributed by atoms with E-state index < -0.39 is 0 Å². The van der Waals surface area contributed by atoms with Crippen molar-refractivity contribution < 1.29 is 9.90 Å². The van der Waals surface area contributed by atoms with Crippen LogP contribution < -0.4 is 0 Å². The molecule has 0 saturated heterocycles. The fourth-order valence-electron chi connectivity index (χ4n) is 2.21. The quantitative estimate of drug-likeness (QED) is 0.710. The Morgan fingerprint density at radius 2 is 1.55 bits per heavy atom. The highest BCUT2D eigenvalue weighted by Gasteiger charge is 2.15. The van der Waals surface area contributed by atoms with Gasteiger partial charge in [-0.3, -0.25) is 4.79 Å². The minimum atomic E-state index is -0.225. The number of aromatic nitrogens is 1. The third-order valence-electron chi connectivity index (χ3n) is 3.34. The summed E-state index contributed by atoms with van der Waals surface area (Å²) in [6.07, 6.45) is 3.75. The summed E-state index contributed by atoms with van der Waals surface area (Å²) in [6.45, 7) is 0. The molecule has 3 nitrogen and oxygen atoms in total. The minimum Gasteiger partial charge on any atom is -0.506 e. The van der Waals surface area contributed by atoms with Crippen LogP contribution in [-0.2, 0) is 0 Å². The molecule has 0 atom stereocenters. The van der Waals surface area contributed by atoms with Crippen molar-refractivity contribution in [1.82, 2.24) is 4.98 Å². The van der Waals surface area contributed by atoms with Crippen LogP contribution in [0.4, 0.5) is 0 Å². The number of nitrogens with one attached hydrogen (secondary N) is 1. The highest BCUT2D eigenvalue weighted by atomic mass is 16.3. The number of aromatic hydroxyl groups is 1. The summed E-state index contributed by atoms with van der Waals surface area (Å²) in [5, 5.41) is 9.97. The molecule has 0 bridgehead atoms. The van der Waals surface area contributed by atoms with Gasteiger partial charge in [0.2, 0.25) is 5.78 Å². The maximum atomic E-state index is 12.3. The summed E-state index contributed by atoms with van der Waals surface area (Å²) in [5.41, 5.74) is 2.48. The molecule has 0 radical (unpaired) electrons. The molecule has 2 N–H and O–H groups in total. The monoisotopic (exact) mass is 289 g/mol. The molecular weight excluding hydrogens is 274 g/mol. The molecule has 0 spiro atoms. The maximum Gasteiger partial charge on any atom is 0.213 e. The first-order valence-electron chi connectivity index (χ1n) is 6.99. The Morgan fingerprint density at radius 1 is 0.909 bits per heavy atom. The molecule has 1 heterocycles. The number of aromatic amines is 1. The van der Waals surface area contributed by atoms with E-state index in [2.05, 4.69) is 4.98 Å². The smallest absolute Gasteiger partial charge is 0.213 e. The fraction of sp³-hybridized carbons (Fsp3) is 0. The van der Waals surface area contributed by atoms with Crippen LogP contribution >= 0.6 is 0 Å². The number of ketones is 1. The predicted octanol–water partition coefficient (Wildman–Crippen LogP) is 4.12. The van der Waals surface area contributed by atoms with Gasteiger partial charge in [-0.2, -0.15) is 0 Å². The standard InChI is InChI=1S/C19H15NO2/c21-17-13-16(12-11-14-7-3-1-4-8-14)20-18(17)19(22)15-9-5-2-6-10-15/h1-13,20-21H/b12-11+. The number of H-pyrrole nitrogens is 1. The highest BCUT2D eigenvalue weighted by Crippen LogP contribution is 2.22. The van der Waals surface area contributed by atoms with Crippen molar-refractivity contribution in [2.45, 2.75) is 0 Å². The van der Waals surface area contributed by atoms with E-state index in [-0.39, 0.29) is 17.2 Å². The largest absolute Gasteiger partial charge is 0.506 e. The van der Waals surface area contributed by atoms with Gasteiger partial charge in [0.05, 0.1) is 0 Å². The van der Waals surface area contributed by atoms with Gasteiger partial charge in [-0.15, -0.1) is 0 Å². The number of carbonyl (C=O) groups excluding carboxylic acids is 1. The summed E-state index contributed by atoms with van der Waals surface area (Å²) in [7, 11) is 0. The van der Waals surface area contributed by atoms with Gasteiger partial charge in [-0.1, -0.05) is 66.7 Å². The molecule has 0 aliphatic rings. The second kappa shape index (κ2) is 6.14. The lowest BCUT2D eigenvalue weighted by molar-refractivity contribution is 0.103. The van der Waals surface area contributed by atoms with E-state index in [0.29, 0.717) is 11.3 Å². The Bertz CT molecular complexity index is 802. The van der Waals surface area contributed by atoms with Crippen molar-refractivity contribution in [3.8, 4) is 5.75 Å². The molecule has 3 heteroatoms. The van der Waals surface area contributed by atoms with E-state index >= 15 is 0 Å². The average Bonchev–Trinajstić information content (AvgIpc) is 2.95. The summed E-state index contributed by atoms with van der Waals surface area (Å²) in [4.78, 5) is 15.3. The van der Waals surface area contributed by atoms with Gasteiger partial charge >= 0.3 is 0 Å². The third-order valence-corrected chi connectivity index (χ3v) is 3.34. The molecule has 0 saturated carbocycles. The van der Waals surface area contributed by atoms with Crippen LogP contribution in [0.25, 0.3) is 12.2 Å². The van der Waals surface area contributed by atoms with Crippen molar-refractivity contribution in [2.75, 3.05) is 0 Å². The first-order valence-corrected chi connectivity index (χ1v) is 6.99. The Balaban J connectivity index is 1.85. The topological polar surface area (TPSA) is 53.1 Å². The maximum absolute atomic E-state index is 12.3. The van der Waals surface area contributed by atoms with Crippen molar-refractivity contribution in [3.05, 3.63) is 89.2 Å². The lowest BCUT2D eigenvalue weighted by Crippen LogP contribution is -2.01. The lowest BCUT2D eigenvalue weighted by Gasteiger charge is -1.98. The van der Waals surface area contributed by atoms with Crippen LogP contribution in [0.1, 0.15) is 27.3 Å². The summed E-state index contributed by atoms with van der Waals surface area (Å²) >= 11 is 0. The number of hydrogen-bond donors (Lipinski definition) is 2. The molecule has 0 aliphatic carbocycles. The molecule has 22 heavy (non-hydrogen) atoms. The van der Waals surface area contributed by atoms with Crippen LogP contribution in [0.3, 0.4) is 0 Å². The lowest BCUT2D eigenvalue weighted by atomic mass is 10.1. The highest BCUT2D eigenvalue weighted by molar-refractivity contribution is 6.09. The second-order valence-corrected chi connectivity index (χ2v) is 4.92. The van der Waals surface area contributed by atoms with Gasteiger partial charge in [0.15, 0.2) is 0 Å². The van der Waals surface area contributed by atoms with E-state index in [0.717, 1.165) is 5.56 Å². The van der Waals surface area contributed by atoms with E-state index in [1.807, 2.05) is 48.6 Å². The second-order valence-electron chi connectivity index (χ2n) is 4.92. The van der Waals surface area contributed by atoms with Crippen LogP contribution in [0.15, 0.2) is 66.7 Å². The summed E-state index contributed by atoms with van der Waals surface area (Å²) in [5.74, 6) is -0.265. The number of carbonyl (C=O) groups is 1. The Morgan fingerprint density at radius 3 is 2.23 bits per heavy atom. The molecule has 2 aromatic carbocycles. The Hall–Kier alpha value is -3.07. The molecule has 0 fully saturated rings. The van der Waals surface area contributed by atoms with Crippen LogP contribution in [0.5, 0.6) is 5.75 Å². The van der Waals surface area contributed by atoms with Gasteiger partial charge in [0.1, 0.15) is 11.4 Å². The van der Waals surface area contributed by atoms with E-state index in [9.17, 15) is 9.90 Å². The average molecular weight is 289 g/mol. The summed E-state index contributed by atoms with van der Waals surface area (Å²) in [6, 6.07) is 20.3. The number of hydrogen-bond acceptors (Lipinski definition) is 2. The van der Waals surface area contributed by atoms with Gasteiger partial charge in [-0.05, 0) is 11.6 Å². The van der Waals surface area contributed by atoms with Gasteiger partial charge in [0, 0.05) is 17.3 Å². The normalized spacial score (nSPS) is 10.9. The van der Waals surface area contributed by atoms with Crippen molar-refractivity contribution in [3.63, 3.8) is 0 Å². The molecule has 0 amide bonds. The molecule has 108 valence electrons. The zero-order chi connectivity index (χ0) is 15.4. The SMILES string of the molecule is O=C(c1ccccc1)c1[nH]c(/C=C/c2ccccc2)cc1O. The van der Waals surface area contributed by atoms with Crippen molar-refractivity contribution in [1.29, 1.82) is 0 Å². The summed E-state index contributed by atoms with van der Waals surface area (Å²) < 4.78 is 0. The van der Waals surface area contributed by atoms with Crippen LogP contribution in [-0.4, -0.2) is 15.9 Å². The molecule has 1 aromatic heterocycles. The molecule has 3 aromatic rings. The van der Waals surface area contributed by atoms with E-state index in [4.69, 9.17) is 0 Å². The van der Waals surface area contributed by atoms with E-state index in [1.54, 1.807) is 30.3 Å². The Labute approximate surface area is 128 Å². The first kappa shape index (κ1) is 13.9. The van der Waals surface area contributed by atoms with Crippen molar-refractivity contribution in [2.24, 2.45) is 0 Å². The predicted molar refractivity (Wildman–Crippen MR) is 87.7 cm³/mol. The zero-order valence-corrected chi connectivity index (χ0v) is 11.9. The Kier molecular flexibility index (Phi) is 3.88. The third kappa shape index (κ3) is 2.99. The van der Waals surface area contributed by atoms with Gasteiger partial charge in [0.25, 0.3) is 0 Å². The number of benzene rings is 2. The van der Waals surface area contributed by atoms with Gasteiger partial charge in [-0.25, -0.2) is 0 Å². The van der Waals surface area contributed by atoms with Crippen LogP contribution in [0, 0.1) is 0 Å². The minimum absolute atomic E-state index is 0.0402. The zero-order valence-electron chi connectivity index (χ0n) is 11.9. The molecule has 0 unspecified atom stereocenters. The van der Waals surface area contributed by atoms with Crippen molar-refractivity contribution >= 4 is 17.9 Å². The fourth-order valence-corrected chi connectivity index (χ4v) is 2.21. The molecular formula is C19H15NO2. The van der Waals surface area contributed by atoms with Gasteiger partial charge < -0.3 is 10.1 Å². The van der Waals surface area contributed by atoms with Crippen LogP contribution in [0.2, 0.25) is 0 Å². The first-order chi connectivity index (χ1) is 10.7. The van der Waals surface area contributed by atoms with E-state index in [1.165, 1.54) is 0 Å². The molecule has 0 aliphatic heterocycles.